The van der Waals surface area contributed by atoms with Crippen LogP contribution in [0.2, 0.25) is 0 Å². The van der Waals surface area contributed by atoms with Gasteiger partial charge in [-0.25, -0.2) is 0 Å². The van der Waals surface area contributed by atoms with Crippen molar-refractivity contribution in [1.29, 1.82) is 0 Å². The number of ether oxygens (including phenoxy) is 2. The molecule has 0 amide bonds. The number of hydrogen-bond donors (Lipinski definition) is 2. The minimum absolute atomic E-state index is 0. The van der Waals surface area contributed by atoms with Crippen molar-refractivity contribution < 1.29 is 9.47 Å². The molecule has 31 heavy (non-hydrogen) atoms. The van der Waals surface area contributed by atoms with Crippen molar-refractivity contribution in [2.45, 2.75) is 32.2 Å². The second kappa shape index (κ2) is 16.5. The molecule has 1 aromatic carbocycles. The van der Waals surface area contributed by atoms with Crippen LogP contribution in [0.1, 0.15) is 37.8 Å². The number of halogens is 1. The van der Waals surface area contributed by atoms with Crippen LogP contribution in [0.4, 0.5) is 0 Å². The number of benzene rings is 1. The number of nitrogens with one attached hydrogen (secondary N) is 2. The fourth-order valence-corrected chi connectivity index (χ4v) is 3.88. The van der Waals surface area contributed by atoms with Crippen LogP contribution < -0.4 is 15.4 Å². The lowest BCUT2D eigenvalue weighted by atomic mass is 10.0. The number of methoxy groups -OCH3 is 2. The van der Waals surface area contributed by atoms with Crippen molar-refractivity contribution in [3.8, 4) is 5.75 Å². The molecule has 178 valence electrons. The Hall–Kier alpha value is -1.10. The van der Waals surface area contributed by atoms with Gasteiger partial charge < -0.3 is 25.0 Å². The first-order valence-corrected chi connectivity index (χ1v) is 11.3. The van der Waals surface area contributed by atoms with Gasteiger partial charge in [-0.2, -0.15) is 0 Å². The second-order valence-corrected chi connectivity index (χ2v) is 7.80. The lowest BCUT2D eigenvalue weighted by Crippen LogP contribution is -2.41. The maximum atomic E-state index is 5.65. The highest BCUT2D eigenvalue weighted by Crippen LogP contribution is 2.31. The lowest BCUT2D eigenvalue weighted by Gasteiger charge is -2.28. The highest BCUT2D eigenvalue weighted by atomic mass is 127. The van der Waals surface area contributed by atoms with Crippen molar-refractivity contribution in [2.24, 2.45) is 4.99 Å². The normalized spacial score (nSPS) is 15.6. The molecular formula is C23H42IN5O2. The van der Waals surface area contributed by atoms with Gasteiger partial charge in [-0.05, 0) is 52.4 Å². The Balaban J connectivity index is 0.00000480. The second-order valence-electron chi connectivity index (χ2n) is 7.80. The van der Waals surface area contributed by atoms with Gasteiger partial charge in [0.15, 0.2) is 5.96 Å². The highest BCUT2D eigenvalue weighted by molar-refractivity contribution is 14.0. The molecule has 2 N–H and O–H groups in total. The van der Waals surface area contributed by atoms with E-state index >= 15 is 0 Å². The third-order valence-corrected chi connectivity index (χ3v) is 5.52. The predicted octanol–water partition coefficient (Wildman–Crippen LogP) is 2.97. The molecule has 1 atom stereocenters. The van der Waals surface area contributed by atoms with Gasteiger partial charge in [-0.3, -0.25) is 9.89 Å². The first kappa shape index (κ1) is 27.9. The highest BCUT2D eigenvalue weighted by Gasteiger charge is 2.25. The molecule has 1 aliphatic heterocycles. The van der Waals surface area contributed by atoms with Gasteiger partial charge in [0.25, 0.3) is 0 Å². The van der Waals surface area contributed by atoms with Crippen LogP contribution in [-0.4, -0.2) is 89.4 Å². The van der Waals surface area contributed by atoms with E-state index in [4.69, 9.17) is 14.5 Å². The number of hydrogen-bond acceptors (Lipinski definition) is 5. The van der Waals surface area contributed by atoms with Gasteiger partial charge in [-0.1, -0.05) is 18.2 Å². The fraction of sp³-hybridized carbons (Fsp3) is 0.696. The zero-order valence-corrected chi connectivity index (χ0v) is 22.1. The van der Waals surface area contributed by atoms with E-state index in [1.165, 1.54) is 18.4 Å². The summed E-state index contributed by atoms with van der Waals surface area (Å²) in [4.78, 5) is 9.79. The zero-order chi connectivity index (χ0) is 21.6. The summed E-state index contributed by atoms with van der Waals surface area (Å²) in [6.45, 7) is 9.57. The summed E-state index contributed by atoms with van der Waals surface area (Å²) in [6, 6.07) is 8.57. The predicted molar refractivity (Wildman–Crippen MR) is 140 cm³/mol. The third-order valence-electron chi connectivity index (χ3n) is 5.52. The molecule has 0 radical (unpaired) electrons. The number of likely N-dealkylation sites (N-methyl/N-ethyl adjacent to an activating group) is 1. The molecule has 1 heterocycles. The molecule has 1 fully saturated rings. The van der Waals surface area contributed by atoms with E-state index in [1.54, 1.807) is 14.2 Å². The zero-order valence-electron chi connectivity index (χ0n) is 19.7. The summed E-state index contributed by atoms with van der Waals surface area (Å²) in [5.74, 6) is 1.82. The van der Waals surface area contributed by atoms with Crippen LogP contribution >= 0.6 is 24.0 Å². The van der Waals surface area contributed by atoms with Crippen LogP contribution in [0.25, 0.3) is 0 Å². The Kier molecular flexibility index (Phi) is 14.9. The van der Waals surface area contributed by atoms with Crippen LogP contribution in [-0.2, 0) is 4.74 Å². The molecule has 1 aliphatic rings. The summed E-state index contributed by atoms with van der Waals surface area (Å²) in [5, 5.41) is 6.87. The monoisotopic (exact) mass is 547 g/mol. The van der Waals surface area contributed by atoms with Gasteiger partial charge in [0.05, 0.1) is 19.7 Å². The van der Waals surface area contributed by atoms with E-state index < -0.39 is 0 Å². The maximum absolute atomic E-state index is 5.65. The maximum Gasteiger partial charge on any atom is 0.191 e. The average molecular weight is 548 g/mol. The molecule has 0 bridgehead atoms. The number of aliphatic imine (C=N–C) groups is 1. The van der Waals surface area contributed by atoms with E-state index in [1.807, 2.05) is 12.1 Å². The van der Waals surface area contributed by atoms with Gasteiger partial charge in [0, 0.05) is 45.5 Å². The van der Waals surface area contributed by atoms with Gasteiger partial charge >= 0.3 is 0 Å². The first-order chi connectivity index (χ1) is 14.7. The molecule has 1 aromatic rings. The standard InChI is InChI=1S/C23H41N5O2.HI/c1-5-24-23(25-13-17-27(2)14-10-18-29-3)26-19-21(28-15-8-9-16-28)20-11-6-7-12-22(20)30-4;/h6-7,11-12,21H,5,8-10,13-19H2,1-4H3,(H2,24,25,26);1H. The minimum atomic E-state index is 0. The molecule has 1 unspecified atom stereocenters. The Morgan fingerprint density at radius 3 is 2.58 bits per heavy atom. The minimum Gasteiger partial charge on any atom is -0.496 e. The van der Waals surface area contributed by atoms with Gasteiger partial charge in [0.2, 0.25) is 0 Å². The smallest absolute Gasteiger partial charge is 0.191 e. The Morgan fingerprint density at radius 2 is 1.90 bits per heavy atom. The molecule has 0 spiro atoms. The molecule has 0 aliphatic carbocycles. The van der Waals surface area contributed by atoms with E-state index in [9.17, 15) is 0 Å². The third kappa shape index (κ3) is 9.93. The van der Waals surface area contributed by atoms with E-state index in [0.29, 0.717) is 6.54 Å². The van der Waals surface area contributed by atoms with Crippen molar-refractivity contribution in [3.05, 3.63) is 29.8 Å². The number of likely N-dealkylation sites (tertiary alicyclic amines) is 1. The lowest BCUT2D eigenvalue weighted by molar-refractivity contribution is 0.180. The van der Waals surface area contributed by atoms with Crippen LogP contribution in [0, 0.1) is 0 Å². The summed E-state index contributed by atoms with van der Waals surface area (Å²) in [7, 11) is 5.64. The Morgan fingerprint density at radius 1 is 1.16 bits per heavy atom. The molecular weight excluding hydrogens is 505 g/mol. The van der Waals surface area contributed by atoms with Gasteiger partial charge in [0.1, 0.15) is 5.75 Å². The molecule has 8 heteroatoms. The van der Waals surface area contributed by atoms with E-state index in [-0.39, 0.29) is 30.0 Å². The van der Waals surface area contributed by atoms with Crippen molar-refractivity contribution >= 4 is 29.9 Å². The average Bonchev–Trinajstić information content (AvgIpc) is 3.29. The Bertz CT molecular complexity index is 626. The van der Waals surface area contributed by atoms with Crippen molar-refractivity contribution in [1.82, 2.24) is 20.4 Å². The topological polar surface area (TPSA) is 61.4 Å². The SMILES string of the molecule is CCNC(=NCC(c1ccccc1OC)N1CCCC1)NCCN(C)CCCOC.I. The first-order valence-electron chi connectivity index (χ1n) is 11.3. The summed E-state index contributed by atoms with van der Waals surface area (Å²) < 4.78 is 10.8. The van der Waals surface area contributed by atoms with Crippen LogP contribution in [0.3, 0.4) is 0 Å². The van der Waals surface area contributed by atoms with Crippen molar-refractivity contribution in [3.63, 3.8) is 0 Å². The number of nitrogens with zero attached hydrogens (tertiary/aromatic N) is 3. The van der Waals surface area contributed by atoms with Crippen molar-refractivity contribution in [2.75, 3.05) is 73.7 Å². The van der Waals surface area contributed by atoms with E-state index in [2.05, 4.69) is 46.5 Å². The van der Waals surface area contributed by atoms with Crippen LogP contribution in [0.5, 0.6) is 5.75 Å². The Labute approximate surface area is 206 Å². The quantitative estimate of drug-likeness (QED) is 0.172. The summed E-state index contributed by atoms with van der Waals surface area (Å²) in [6.07, 6.45) is 3.56. The fourth-order valence-electron chi connectivity index (χ4n) is 3.88. The number of para-hydroxylation sites is 1. The largest absolute Gasteiger partial charge is 0.496 e. The molecule has 1 saturated heterocycles. The van der Waals surface area contributed by atoms with E-state index in [0.717, 1.165) is 64.0 Å². The summed E-state index contributed by atoms with van der Waals surface area (Å²) >= 11 is 0. The van der Waals surface area contributed by atoms with Crippen LogP contribution in [0.15, 0.2) is 29.3 Å². The van der Waals surface area contributed by atoms with Gasteiger partial charge in [-0.15, -0.1) is 24.0 Å². The molecule has 2 rings (SSSR count). The number of rotatable bonds is 13. The molecule has 0 aromatic heterocycles. The molecule has 7 nitrogen and oxygen atoms in total. The molecule has 0 saturated carbocycles. The summed E-state index contributed by atoms with van der Waals surface area (Å²) in [5.41, 5.74) is 1.22. The number of guanidine groups is 1.